The van der Waals surface area contributed by atoms with Crippen LogP contribution in [0.5, 0.6) is 0 Å². The van der Waals surface area contributed by atoms with Gasteiger partial charge in [0, 0.05) is 11.6 Å². The van der Waals surface area contributed by atoms with Crippen LogP contribution in [0.4, 0.5) is 0 Å². The Labute approximate surface area is 138 Å². The number of hydrogen-bond acceptors (Lipinski definition) is 3. The summed E-state index contributed by atoms with van der Waals surface area (Å²) in [7, 11) is 0. The summed E-state index contributed by atoms with van der Waals surface area (Å²) in [6, 6.07) is 11.2. The van der Waals surface area contributed by atoms with Gasteiger partial charge in [-0.05, 0) is 18.2 Å². The molecule has 0 unspecified atom stereocenters. The Morgan fingerprint density at radius 3 is 2.86 bits per heavy atom. The van der Waals surface area contributed by atoms with Crippen molar-refractivity contribution in [3.63, 3.8) is 0 Å². The second kappa shape index (κ2) is 4.80. The van der Waals surface area contributed by atoms with Crippen molar-refractivity contribution in [1.29, 1.82) is 0 Å². The minimum atomic E-state index is -0.978. The fourth-order valence-corrected chi connectivity index (χ4v) is 3.33. The van der Waals surface area contributed by atoms with Crippen LogP contribution in [0.1, 0.15) is 10.4 Å². The number of hydrogen-bond donors (Lipinski definition) is 2. The van der Waals surface area contributed by atoms with Crippen LogP contribution in [-0.2, 0) is 0 Å². The van der Waals surface area contributed by atoms with Crippen LogP contribution in [0, 0.1) is 0 Å². The molecule has 0 aliphatic heterocycles. The van der Waals surface area contributed by atoms with Crippen LogP contribution >= 0.6 is 22.9 Å². The number of carbonyl (C=O) groups is 1. The Kier molecular flexibility index (Phi) is 2.89. The first-order valence-electron chi connectivity index (χ1n) is 6.50. The molecule has 0 fully saturated rings. The van der Waals surface area contributed by atoms with Crippen LogP contribution in [0.3, 0.4) is 0 Å². The van der Waals surface area contributed by atoms with E-state index in [1.54, 1.807) is 2.90 Å². The number of aromatic amines is 1. The molecule has 0 atom stereocenters. The molecule has 3 aromatic heterocycles. The molecule has 0 bridgehead atoms. The number of nitrogens with zero attached hydrogens (tertiary/aromatic N) is 3. The van der Waals surface area contributed by atoms with E-state index in [1.165, 1.54) is 12.3 Å². The van der Waals surface area contributed by atoms with Gasteiger partial charge in [0.2, 0.25) is 0 Å². The monoisotopic (exact) mass is 404 g/mol. The van der Waals surface area contributed by atoms with E-state index >= 15 is 0 Å². The maximum Gasteiger partial charge on any atom is 0.337 e. The minimum absolute atomic E-state index is 0.208. The largest absolute Gasteiger partial charge is 0.478 e. The highest BCUT2D eigenvalue weighted by Crippen LogP contribution is 2.32. The second-order valence-corrected chi connectivity index (χ2v) is 5.75. The van der Waals surface area contributed by atoms with Crippen molar-refractivity contribution >= 4 is 50.8 Å². The van der Waals surface area contributed by atoms with Gasteiger partial charge in [-0.3, -0.25) is 4.98 Å². The lowest BCUT2D eigenvalue weighted by molar-refractivity contribution is 0.0699. The summed E-state index contributed by atoms with van der Waals surface area (Å²) in [4.78, 5) is 18.7. The third-order valence-electron chi connectivity index (χ3n) is 3.55. The number of H-pyrrole nitrogens is 1. The fraction of sp³-hybridized carbons (Fsp3) is 0. The van der Waals surface area contributed by atoms with E-state index in [0.29, 0.717) is 11.0 Å². The molecule has 6 nitrogen and oxygen atoms in total. The molecule has 4 aromatic rings. The number of aromatic nitrogens is 4. The molecule has 0 radical (unpaired) electrons. The van der Waals surface area contributed by atoms with Gasteiger partial charge < -0.3 is 10.1 Å². The predicted molar refractivity (Wildman–Crippen MR) is 91.2 cm³/mol. The Hall–Kier alpha value is -2.42. The maximum absolute atomic E-state index is 11.3. The highest BCUT2D eigenvalue weighted by Gasteiger charge is 2.17. The Balaban J connectivity index is 2.03. The first kappa shape index (κ1) is 13.3. The normalized spacial score (nSPS) is 11.3. The summed E-state index contributed by atoms with van der Waals surface area (Å²) in [5.41, 5.74) is 3.92. The topological polar surface area (TPSA) is 83.8 Å². The molecule has 108 valence electrons. The average molecular weight is 404 g/mol. The summed E-state index contributed by atoms with van der Waals surface area (Å²) < 4.78 is 1.76. The lowest BCUT2D eigenvalue weighted by Crippen LogP contribution is -1.97. The van der Waals surface area contributed by atoms with E-state index in [2.05, 4.69) is 37.9 Å². The highest BCUT2D eigenvalue weighted by molar-refractivity contribution is 14.1. The molecular weight excluding hydrogens is 395 g/mol. The van der Waals surface area contributed by atoms with Gasteiger partial charge in [-0.1, -0.05) is 18.2 Å². The minimum Gasteiger partial charge on any atom is -0.478 e. The number of benzene rings is 1. The molecule has 0 amide bonds. The van der Waals surface area contributed by atoms with Gasteiger partial charge in [0.05, 0.1) is 50.7 Å². The molecule has 0 aliphatic carbocycles. The molecule has 4 rings (SSSR count). The van der Waals surface area contributed by atoms with Crippen LogP contribution in [0.2, 0.25) is 0 Å². The Bertz CT molecular complexity index is 1030. The molecule has 22 heavy (non-hydrogen) atoms. The zero-order valence-electron chi connectivity index (χ0n) is 11.1. The number of halogens is 1. The van der Waals surface area contributed by atoms with Gasteiger partial charge in [-0.2, -0.15) is 5.10 Å². The molecule has 3 heterocycles. The third kappa shape index (κ3) is 1.89. The highest BCUT2D eigenvalue weighted by atomic mass is 127. The summed E-state index contributed by atoms with van der Waals surface area (Å²) in [6.07, 6.45) is 1.50. The van der Waals surface area contributed by atoms with Crippen molar-refractivity contribution in [2.75, 3.05) is 0 Å². The summed E-state index contributed by atoms with van der Waals surface area (Å²) >= 11 is 2.11. The lowest BCUT2D eigenvalue weighted by Gasteiger charge is -1.98. The lowest BCUT2D eigenvalue weighted by atomic mass is 10.2. The average Bonchev–Trinajstić information content (AvgIpc) is 3.05. The summed E-state index contributed by atoms with van der Waals surface area (Å²) in [5.74, 6) is -0.978. The van der Waals surface area contributed by atoms with Gasteiger partial charge in [-0.15, -0.1) is 0 Å². The summed E-state index contributed by atoms with van der Waals surface area (Å²) in [5, 5.41) is 14.7. The van der Waals surface area contributed by atoms with Crippen molar-refractivity contribution in [3.05, 3.63) is 48.2 Å². The first-order valence-corrected chi connectivity index (χ1v) is 7.47. The number of carboxylic acids is 1. The van der Waals surface area contributed by atoms with Gasteiger partial charge >= 0.3 is 5.97 Å². The number of aromatic carboxylic acids is 1. The van der Waals surface area contributed by atoms with Crippen molar-refractivity contribution in [3.8, 4) is 11.4 Å². The zero-order valence-corrected chi connectivity index (χ0v) is 13.3. The molecule has 1 aromatic carbocycles. The van der Waals surface area contributed by atoms with Gasteiger partial charge in [0.15, 0.2) is 0 Å². The predicted octanol–water partition coefficient (Wildman–Crippen LogP) is 3.48. The molecule has 0 saturated heterocycles. The van der Waals surface area contributed by atoms with E-state index in [0.717, 1.165) is 22.3 Å². The molecule has 2 N–H and O–H groups in total. The molecule has 0 spiro atoms. The summed E-state index contributed by atoms with van der Waals surface area (Å²) in [6.45, 7) is 0. The number of pyridine rings is 1. The van der Waals surface area contributed by atoms with E-state index in [-0.39, 0.29) is 5.56 Å². The van der Waals surface area contributed by atoms with Crippen molar-refractivity contribution in [2.45, 2.75) is 0 Å². The van der Waals surface area contributed by atoms with E-state index in [4.69, 9.17) is 0 Å². The van der Waals surface area contributed by atoms with Crippen molar-refractivity contribution < 1.29 is 9.90 Å². The molecule has 0 aliphatic rings. The SMILES string of the molecule is O=C(O)c1ccnc2cc(-c3c4ccccc4nn3I)[nH]c12. The van der Waals surface area contributed by atoms with Crippen molar-refractivity contribution in [1.82, 2.24) is 18.0 Å². The van der Waals surface area contributed by atoms with Gasteiger partial charge in [0.1, 0.15) is 5.69 Å². The number of fused-ring (bicyclic) bond motifs is 2. The standard InChI is InChI=1S/C15H9IN4O2/c16-20-14(8-3-1-2-4-10(8)19-20)12-7-11-13(18-12)9(15(21)22)5-6-17-11/h1-7,18H,(H,21,22). The molecular formula is C15H9IN4O2. The van der Waals surface area contributed by atoms with Crippen LogP contribution in [0.15, 0.2) is 42.6 Å². The van der Waals surface area contributed by atoms with Crippen LogP contribution < -0.4 is 0 Å². The second-order valence-electron chi connectivity index (χ2n) is 4.83. The van der Waals surface area contributed by atoms with Gasteiger partial charge in [0.25, 0.3) is 0 Å². The Morgan fingerprint density at radius 2 is 2.05 bits per heavy atom. The van der Waals surface area contributed by atoms with Crippen LogP contribution in [-0.4, -0.2) is 29.0 Å². The fourth-order valence-electron chi connectivity index (χ4n) is 2.58. The van der Waals surface area contributed by atoms with Gasteiger partial charge in [-0.25, -0.2) is 7.69 Å². The number of rotatable bonds is 2. The van der Waals surface area contributed by atoms with Crippen LogP contribution in [0.25, 0.3) is 33.3 Å². The molecule has 7 heteroatoms. The Morgan fingerprint density at radius 1 is 1.23 bits per heavy atom. The third-order valence-corrected chi connectivity index (χ3v) is 4.24. The zero-order chi connectivity index (χ0) is 15.3. The number of nitrogens with one attached hydrogen (secondary N) is 1. The van der Waals surface area contributed by atoms with Crippen molar-refractivity contribution in [2.24, 2.45) is 0 Å². The maximum atomic E-state index is 11.3. The molecule has 0 saturated carbocycles. The number of carboxylic acid groups (broad SMARTS) is 1. The van der Waals surface area contributed by atoms with E-state index in [1.807, 2.05) is 30.3 Å². The van der Waals surface area contributed by atoms with E-state index in [9.17, 15) is 9.90 Å². The van der Waals surface area contributed by atoms with E-state index < -0.39 is 5.97 Å². The smallest absolute Gasteiger partial charge is 0.337 e. The first-order chi connectivity index (χ1) is 10.6. The quantitative estimate of drug-likeness (QED) is 0.502.